The number of para-hydroxylation sites is 2. The van der Waals surface area contributed by atoms with Crippen molar-refractivity contribution in [1.29, 1.82) is 5.26 Å². The summed E-state index contributed by atoms with van der Waals surface area (Å²) in [6.45, 7) is 6.20. The average molecular weight is 411 g/mol. The molecule has 0 saturated heterocycles. The summed E-state index contributed by atoms with van der Waals surface area (Å²) in [6.07, 6.45) is 4.89. The minimum absolute atomic E-state index is 0.407. The van der Waals surface area contributed by atoms with E-state index in [9.17, 15) is 0 Å². The molecule has 0 bridgehead atoms. The number of nitriles is 1. The average Bonchev–Trinajstić information content (AvgIpc) is 2.82. The third-order valence-corrected chi connectivity index (χ3v) is 5.58. The van der Waals surface area contributed by atoms with E-state index in [-0.39, 0.29) is 0 Å². The van der Waals surface area contributed by atoms with Gasteiger partial charge in [0.2, 0.25) is 0 Å². The zero-order chi connectivity index (χ0) is 22.1. The van der Waals surface area contributed by atoms with Crippen molar-refractivity contribution < 1.29 is 4.74 Å². The minimum atomic E-state index is 0.407. The maximum Gasteiger partial charge on any atom is 0.141 e. The van der Waals surface area contributed by atoms with Crippen molar-refractivity contribution >= 4 is 5.69 Å². The molecule has 1 atom stereocenters. The summed E-state index contributed by atoms with van der Waals surface area (Å²) in [4.78, 5) is 0. The number of nitrogens with one attached hydrogen (secondary N) is 1. The van der Waals surface area contributed by atoms with Crippen molar-refractivity contribution in [3.8, 4) is 22.9 Å². The highest BCUT2D eigenvalue weighted by Crippen LogP contribution is 2.29. The van der Waals surface area contributed by atoms with Crippen molar-refractivity contribution in [1.82, 2.24) is 0 Å². The smallest absolute Gasteiger partial charge is 0.141 e. The van der Waals surface area contributed by atoms with Crippen LogP contribution in [0.3, 0.4) is 0 Å². The Kier molecular flexibility index (Phi) is 7.90. The second-order valence-electron chi connectivity index (χ2n) is 7.82. The summed E-state index contributed by atoms with van der Waals surface area (Å²) >= 11 is 0. The fourth-order valence-electron chi connectivity index (χ4n) is 3.77. The molecule has 31 heavy (non-hydrogen) atoms. The van der Waals surface area contributed by atoms with Crippen LogP contribution in [0, 0.1) is 18.3 Å². The molecule has 0 heterocycles. The van der Waals surface area contributed by atoms with Gasteiger partial charge in [-0.05, 0) is 55.5 Å². The number of hydrogen-bond donors (Lipinski definition) is 1. The van der Waals surface area contributed by atoms with Crippen molar-refractivity contribution in [3.63, 3.8) is 0 Å². The number of benzene rings is 3. The molecular weight excluding hydrogens is 380 g/mol. The first kappa shape index (κ1) is 22.2. The van der Waals surface area contributed by atoms with Gasteiger partial charge in [0.05, 0.1) is 24.4 Å². The van der Waals surface area contributed by atoms with E-state index in [4.69, 9.17) is 10.00 Å². The molecule has 4 rings (SSSR count). The number of anilines is 1. The first-order valence-electron chi connectivity index (χ1n) is 10.8. The van der Waals surface area contributed by atoms with Crippen LogP contribution in [0.4, 0.5) is 5.69 Å². The number of nitrogens with zero attached hydrogens (tertiary/aromatic N) is 1. The number of methoxy groups -OCH3 is 1. The number of ether oxygens (including phenoxy) is 1. The van der Waals surface area contributed by atoms with E-state index < -0.39 is 0 Å². The molecule has 158 valence electrons. The van der Waals surface area contributed by atoms with Crippen LogP contribution in [0.2, 0.25) is 0 Å². The topological polar surface area (TPSA) is 45.0 Å². The van der Waals surface area contributed by atoms with Gasteiger partial charge in [-0.1, -0.05) is 78.7 Å². The van der Waals surface area contributed by atoms with Gasteiger partial charge in [0.25, 0.3) is 0 Å². The molecule has 0 amide bonds. The largest absolute Gasteiger partial charge is 0.495 e. The Labute approximate surface area is 186 Å². The SMILES string of the molecule is C=C1CCCCC1Nc1ccccc1OC.Cc1ccc(-c2ccccc2C#N)cc1. The zero-order valence-electron chi connectivity index (χ0n) is 18.4. The summed E-state index contributed by atoms with van der Waals surface area (Å²) in [5.74, 6) is 0.904. The molecule has 0 radical (unpaired) electrons. The Balaban J connectivity index is 0.000000176. The number of hydrogen-bond acceptors (Lipinski definition) is 3. The first-order valence-corrected chi connectivity index (χ1v) is 10.8. The third-order valence-electron chi connectivity index (χ3n) is 5.58. The molecule has 3 aromatic carbocycles. The summed E-state index contributed by atoms with van der Waals surface area (Å²) in [5.41, 5.74) is 6.43. The highest BCUT2D eigenvalue weighted by molar-refractivity contribution is 5.70. The molecule has 0 aromatic heterocycles. The van der Waals surface area contributed by atoms with Crippen molar-refractivity contribution in [2.24, 2.45) is 0 Å². The summed E-state index contributed by atoms with van der Waals surface area (Å²) in [6, 6.07) is 26.5. The van der Waals surface area contributed by atoms with Gasteiger partial charge in [0, 0.05) is 6.04 Å². The normalized spacial score (nSPS) is 15.3. The van der Waals surface area contributed by atoms with Crippen LogP contribution in [0.25, 0.3) is 11.1 Å². The Bertz CT molecular complexity index is 1050. The van der Waals surface area contributed by atoms with Gasteiger partial charge in [0.1, 0.15) is 5.75 Å². The Morgan fingerprint density at radius 2 is 1.68 bits per heavy atom. The van der Waals surface area contributed by atoms with Gasteiger partial charge >= 0.3 is 0 Å². The van der Waals surface area contributed by atoms with E-state index in [1.54, 1.807) is 7.11 Å². The Morgan fingerprint density at radius 1 is 0.968 bits per heavy atom. The zero-order valence-corrected chi connectivity index (χ0v) is 18.4. The molecule has 1 fully saturated rings. The molecule has 3 nitrogen and oxygen atoms in total. The quantitative estimate of drug-likeness (QED) is 0.465. The number of rotatable bonds is 4. The lowest BCUT2D eigenvalue weighted by Gasteiger charge is -2.27. The monoisotopic (exact) mass is 410 g/mol. The number of aryl methyl sites for hydroxylation is 1. The van der Waals surface area contributed by atoms with E-state index in [2.05, 4.69) is 43.1 Å². The van der Waals surface area contributed by atoms with Gasteiger partial charge in [-0.3, -0.25) is 0 Å². The fourth-order valence-corrected chi connectivity index (χ4v) is 3.77. The molecule has 0 spiro atoms. The standard InChI is InChI=1S/C14H19NO.C14H11N/c1-11-7-3-4-8-12(11)15-13-9-5-6-10-14(13)16-2;1-11-6-8-12(9-7-11)14-5-3-2-4-13(14)10-15/h5-6,9-10,12,15H,1,3-4,7-8H2,2H3;2-9H,1H3. The van der Waals surface area contributed by atoms with Crippen molar-refractivity contribution in [2.45, 2.75) is 38.6 Å². The summed E-state index contributed by atoms with van der Waals surface area (Å²) in [7, 11) is 1.70. The predicted molar refractivity (Wildman–Crippen MR) is 129 cm³/mol. The molecule has 1 N–H and O–H groups in total. The highest BCUT2D eigenvalue weighted by Gasteiger charge is 2.17. The predicted octanol–water partition coefficient (Wildman–Crippen LogP) is 7.14. The van der Waals surface area contributed by atoms with Crippen LogP contribution in [0.15, 0.2) is 84.9 Å². The Morgan fingerprint density at radius 3 is 2.39 bits per heavy atom. The lowest BCUT2D eigenvalue weighted by Crippen LogP contribution is -2.24. The van der Waals surface area contributed by atoms with E-state index >= 15 is 0 Å². The first-order chi connectivity index (χ1) is 15.1. The lowest BCUT2D eigenvalue weighted by molar-refractivity contribution is 0.415. The third kappa shape index (κ3) is 5.99. The molecular formula is C28H30N2O. The molecule has 1 aliphatic carbocycles. The van der Waals surface area contributed by atoms with Crippen molar-refractivity contribution in [2.75, 3.05) is 12.4 Å². The van der Waals surface area contributed by atoms with E-state index in [1.165, 1.54) is 30.4 Å². The van der Waals surface area contributed by atoms with Crippen LogP contribution >= 0.6 is 0 Å². The maximum atomic E-state index is 8.98. The van der Waals surface area contributed by atoms with Gasteiger partial charge in [-0.25, -0.2) is 0 Å². The molecule has 1 aliphatic rings. The highest BCUT2D eigenvalue weighted by atomic mass is 16.5. The molecule has 1 saturated carbocycles. The van der Waals surface area contributed by atoms with Gasteiger partial charge in [-0.2, -0.15) is 5.26 Å². The van der Waals surface area contributed by atoms with Crippen molar-refractivity contribution in [3.05, 3.63) is 96.1 Å². The maximum absolute atomic E-state index is 8.98. The van der Waals surface area contributed by atoms with E-state index in [0.717, 1.165) is 34.5 Å². The van der Waals surface area contributed by atoms with Crippen LogP contribution < -0.4 is 10.1 Å². The van der Waals surface area contributed by atoms with Crippen LogP contribution in [-0.4, -0.2) is 13.2 Å². The second kappa shape index (κ2) is 11.0. The van der Waals surface area contributed by atoms with Gasteiger partial charge in [-0.15, -0.1) is 0 Å². The van der Waals surface area contributed by atoms with Crippen LogP contribution in [0.5, 0.6) is 5.75 Å². The van der Waals surface area contributed by atoms with Gasteiger partial charge < -0.3 is 10.1 Å². The van der Waals surface area contributed by atoms with Gasteiger partial charge in [0.15, 0.2) is 0 Å². The fraction of sp³-hybridized carbons (Fsp3) is 0.250. The summed E-state index contributed by atoms with van der Waals surface area (Å²) < 4.78 is 5.33. The molecule has 3 aromatic rings. The van der Waals surface area contributed by atoms with E-state index in [1.807, 2.05) is 54.6 Å². The Hall–Kier alpha value is -3.51. The minimum Gasteiger partial charge on any atom is -0.495 e. The second-order valence-corrected chi connectivity index (χ2v) is 7.82. The summed E-state index contributed by atoms with van der Waals surface area (Å²) in [5, 5.41) is 12.5. The lowest BCUT2D eigenvalue weighted by atomic mass is 9.91. The van der Waals surface area contributed by atoms with Crippen LogP contribution in [0.1, 0.15) is 36.8 Å². The molecule has 0 aliphatic heterocycles. The van der Waals surface area contributed by atoms with E-state index in [0.29, 0.717) is 6.04 Å². The molecule has 3 heteroatoms. The molecule has 1 unspecified atom stereocenters. The van der Waals surface area contributed by atoms with Crippen LogP contribution in [-0.2, 0) is 0 Å².